The molecule has 28 heavy (non-hydrogen) atoms. The minimum absolute atomic E-state index is 0.0155. The van der Waals surface area contributed by atoms with Crippen LogP contribution >= 0.6 is 11.8 Å². The fourth-order valence-electron chi connectivity index (χ4n) is 3.75. The number of carbonyl (C=O) groups excluding carboxylic acids is 2. The summed E-state index contributed by atoms with van der Waals surface area (Å²) in [4.78, 5) is 29.1. The van der Waals surface area contributed by atoms with Gasteiger partial charge in [0.1, 0.15) is 0 Å². The number of benzene rings is 1. The highest BCUT2D eigenvalue weighted by atomic mass is 32.2. The van der Waals surface area contributed by atoms with Crippen LogP contribution in [0.5, 0.6) is 0 Å². The molecule has 2 aliphatic heterocycles. The summed E-state index contributed by atoms with van der Waals surface area (Å²) in [6, 6.07) is 5.03. The SMILES string of the molecule is O=C(CSc1cccc(C(F)(F)F)c1)N1CCC(C(=O)N2CCCCC2)CC1. The first kappa shape index (κ1) is 21.0. The predicted molar refractivity (Wildman–Crippen MR) is 102 cm³/mol. The molecule has 4 nitrogen and oxygen atoms in total. The number of halogens is 3. The van der Waals surface area contributed by atoms with Gasteiger partial charge in [-0.3, -0.25) is 9.59 Å². The third-order valence-corrected chi connectivity index (χ3v) is 6.37. The highest BCUT2D eigenvalue weighted by Gasteiger charge is 2.32. The molecule has 8 heteroatoms. The van der Waals surface area contributed by atoms with Crippen LogP contribution in [0.2, 0.25) is 0 Å². The number of alkyl halides is 3. The first-order valence-corrected chi connectivity index (χ1v) is 10.7. The molecule has 1 aromatic carbocycles. The Hall–Kier alpha value is -1.70. The van der Waals surface area contributed by atoms with Gasteiger partial charge in [-0.2, -0.15) is 13.2 Å². The van der Waals surface area contributed by atoms with Gasteiger partial charge >= 0.3 is 6.18 Å². The lowest BCUT2D eigenvalue weighted by Crippen LogP contribution is -2.46. The Bertz CT molecular complexity index is 697. The maximum absolute atomic E-state index is 12.8. The molecule has 154 valence electrons. The smallest absolute Gasteiger partial charge is 0.342 e. The van der Waals surface area contributed by atoms with E-state index in [-0.39, 0.29) is 23.5 Å². The zero-order chi connectivity index (χ0) is 20.1. The Balaban J connectivity index is 1.46. The van der Waals surface area contributed by atoms with Crippen LogP contribution in [0.15, 0.2) is 29.2 Å². The number of amides is 2. The Morgan fingerprint density at radius 1 is 1.00 bits per heavy atom. The minimum atomic E-state index is -4.39. The van der Waals surface area contributed by atoms with Crippen LogP contribution in [-0.2, 0) is 15.8 Å². The maximum atomic E-state index is 12.8. The molecule has 2 fully saturated rings. The molecule has 0 saturated carbocycles. The second kappa shape index (κ2) is 9.20. The van der Waals surface area contributed by atoms with Gasteiger partial charge in [0.05, 0.1) is 11.3 Å². The summed E-state index contributed by atoms with van der Waals surface area (Å²) in [5, 5.41) is 0. The molecule has 0 spiro atoms. The van der Waals surface area contributed by atoms with Crippen LogP contribution in [0.3, 0.4) is 0 Å². The van der Waals surface area contributed by atoms with Crippen molar-refractivity contribution in [3.8, 4) is 0 Å². The molecule has 3 rings (SSSR count). The zero-order valence-electron chi connectivity index (χ0n) is 15.7. The van der Waals surface area contributed by atoms with E-state index in [1.165, 1.54) is 12.5 Å². The van der Waals surface area contributed by atoms with Crippen molar-refractivity contribution in [1.82, 2.24) is 9.80 Å². The molecule has 0 aliphatic carbocycles. The van der Waals surface area contributed by atoms with Gasteiger partial charge in [0.15, 0.2) is 0 Å². The summed E-state index contributed by atoms with van der Waals surface area (Å²) in [5.74, 6) is 0.209. The zero-order valence-corrected chi connectivity index (χ0v) is 16.5. The standard InChI is InChI=1S/C20H25F3N2O2S/c21-20(22,23)16-5-4-6-17(13-16)28-14-18(26)24-11-7-15(8-12-24)19(27)25-9-2-1-3-10-25/h4-6,13,15H,1-3,7-12,14H2. The van der Waals surface area contributed by atoms with E-state index in [1.54, 1.807) is 11.0 Å². The third kappa shape index (κ3) is 5.43. The normalized spacial score (nSPS) is 19.0. The average molecular weight is 414 g/mol. The fourth-order valence-corrected chi connectivity index (χ4v) is 4.60. The second-order valence-corrected chi connectivity index (χ2v) is 8.40. The molecule has 0 N–H and O–H groups in total. The van der Waals surface area contributed by atoms with Crippen LogP contribution < -0.4 is 0 Å². The van der Waals surface area contributed by atoms with E-state index >= 15 is 0 Å². The highest BCUT2D eigenvalue weighted by Crippen LogP contribution is 2.32. The van der Waals surface area contributed by atoms with Crippen molar-refractivity contribution in [1.29, 1.82) is 0 Å². The molecule has 2 heterocycles. The monoisotopic (exact) mass is 414 g/mol. The molecular weight excluding hydrogens is 389 g/mol. The predicted octanol–water partition coefficient (Wildman–Crippen LogP) is 4.05. The second-order valence-electron chi connectivity index (χ2n) is 7.36. The van der Waals surface area contributed by atoms with Crippen LogP contribution in [0.4, 0.5) is 13.2 Å². The quantitative estimate of drug-likeness (QED) is 0.698. The van der Waals surface area contributed by atoms with E-state index in [0.717, 1.165) is 49.8 Å². The summed E-state index contributed by atoms with van der Waals surface area (Å²) >= 11 is 1.12. The number of nitrogens with zero attached hydrogens (tertiary/aromatic N) is 2. The van der Waals surface area contributed by atoms with Gasteiger partial charge in [-0.25, -0.2) is 0 Å². The van der Waals surface area contributed by atoms with Gasteiger partial charge in [0, 0.05) is 37.0 Å². The average Bonchev–Trinajstić information content (AvgIpc) is 2.72. The fraction of sp³-hybridized carbons (Fsp3) is 0.600. The van der Waals surface area contributed by atoms with Gasteiger partial charge in [0.25, 0.3) is 0 Å². The van der Waals surface area contributed by atoms with Crippen molar-refractivity contribution in [2.45, 2.75) is 43.2 Å². The number of likely N-dealkylation sites (tertiary alicyclic amines) is 2. The lowest BCUT2D eigenvalue weighted by Gasteiger charge is -2.35. The van der Waals surface area contributed by atoms with Crippen LogP contribution in [0, 0.1) is 5.92 Å². The summed E-state index contributed by atoms with van der Waals surface area (Å²) in [6.45, 7) is 2.75. The van der Waals surface area contributed by atoms with Crippen molar-refractivity contribution in [2.75, 3.05) is 31.9 Å². The molecule has 2 aliphatic rings. The van der Waals surface area contributed by atoms with E-state index in [9.17, 15) is 22.8 Å². The number of hydrogen-bond acceptors (Lipinski definition) is 3. The first-order valence-electron chi connectivity index (χ1n) is 9.71. The Morgan fingerprint density at radius 3 is 2.32 bits per heavy atom. The molecule has 0 atom stereocenters. The molecular formula is C20H25F3N2O2S. The topological polar surface area (TPSA) is 40.6 Å². The molecule has 2 saturated heterocycles. The van der Waals surface area contributed by atoms with Gasteiger partial charge in [-0.05, 0) is 50.3 Å². The lowest BCUT2D eigenvalue weighted by molar-refractivity contribution is -0.140. The summed E-state index contributed by atoms with van der Waals surface area (Å²) in [6.07, 6.45) is 0.250. The van der Waals surface area contributed by atoms with E-state index < -0.39 is 11.7 Å². The Kier molecular flexibility index (Phi) is 6.91. The van der Waals surface area contributed by atoms with Crippen molar-refractivity contribution >= 4 is 23.6 Å². The van der Waals surface area contributed by atoms with Gasteiger partial charge in [-0.15, -0.1) is 11.8 Å². The van der Waals surface area contributed by atoms with E-state index in [0.29, 0.717) is 30.8 Å². The summed E-state index contributed by atoms with van der Waals surface area (Å²) in [7, 11) is 0. The molecule has 0 radical (unpaired) electrons. The lowest BCUT2D eigenvalue weighted by atomic mass is 9.94. The van der Waals surface area contributed by atoms with E-state index in [1.807, 2.05) is 4.90 Å². The minimum Gasteiger partial charge on any atom is -0.342 e. The number of thioether (sulfide) groups is 1. The third-order valence-electron chi connectivity index (χ3n) is 5.39. The van der Waals surface area contributed by atoms with Crippen LogP contribution in [-0.4, -0.2) is 53.5 Å². The molecule has 0 aromatic heterocycles. The molecule has 0 bridgehead atoms. The largest absolute Gasteiger partial charge is 0.416 e. The van der Waals surface area contributed by atoms with Gasteiger partial charge < -0.3 is 9.80 Å². The molecule has 2 amide bonds. The molecule has 1 aromatic rings. The summed E-state index contributed by atoms with van der Waals surface area (Å²) < 4.78 is 38.3. The van der Waals surface area contributed by atoms with Crippen molar-refractivity contribution in [3.05, 3.63) is 29.8 Å². The number of rotatable bonds is 4. The number of piperidine rings is 2. The van der Waals surface area contributed by atoms with Crippen molar-refractivity contribution in [3.63, 3.8) is 0 Å². The van der Waals surface area contributed by atoms with Crippen LogP contribution in [0.25, 0.3) is 0 Å². The van der Waals surface area contributed by atoms with Gasteiger partial charge in [0.2, 0.25) is 11.8 Å². The van der Waals surface area contributed by atoms with Gasteiger partial charge in [-0.1, -0.05) is 6.07 Å². The molecule has 0 unspecified atom stereocenters. The van der Waals surface area contributed by atoms with E-state index in [2.05, 4.69) is 0 Å². The number of hydrogen-bond donors (Lipinski definition) is 0. The Labute approximate surface area is 167 Å². The summed E-state index contributed by atoms with van der Waals surface area (Å²) in [5.41, 5.74) is -0.706. The van der Waals surface area contributed by atoms with Crippen LogP contribution in [0.1, 0.15) is 37.7 Å². The first-order chi connectivity index (χ1) is 13.3. The maximum Gasteiger partial charge on any atom is 0.416 e. The van der Waals surface area contributed by atoms with Crippen molar-refractivity contribution < 1.29 is 22.8 Å². The highest BCUT2D eigenvalue weighted by molar-refractivity contribution is 8.00. The van der Waals surface area contributed by atoms with Crippen molar-refractivity contribution in [2.24, 2.45) is 5.92 Å². The van der Waals surface area contributed by atoms with E-state index in [4.69, 9.17) is 0 Å². The Morgan fingerprint density at radius 2 is 1.68 bits per heavy atom. The number of carbonyl (C=O) groups is 2.